The van der Waals surface area contributed by atoms with E-state index >= 15 is 0 Å². The Morgan fingerprint density at radius 1 is 1.47 bits per heavy atom. The third-order valence-electron chi connectivity index (χ3n) is 4.32. The highest BCUT2D eigenvalue weighted by Gasteiger charge is 2.40. The molecule has 1 unspecified atom stereocenters. The van der Waals surface area contributed by atoms with Crippen LogP contribution in [0.5, 0.6) is 0 Å². The van der Waals surface area contributed by atoms with Crippen LogP contribution in [-0.2, 0) is 11.2 Å². The molecule has 0 amide bonds. The first-order chi connectivity index (χ1) is 9.05. The number of ether oxygens (including phenoxy) is 1. The van der Waals surface area contributed by atoms with Crippen molar-refractivity contribution in [3.63, 3.8) is 0 Å². The standard InChI is InChI=1S/C15H22BrNO2/c1-11-3-5-15(19-2,6-4-11)14(18)8-12-7-13(16)10-17-9-12/h7,9-11,14,18H,3-6,8H2,1-2H3. The summed E-state index contributed by atoms with van der Waals surface area (Å²) >= 11 is 3.41. The van der Waals surface area contributed by atoms with Crippen molar-refractivity contribution < 1.29 is 9.84 Å². The number of nitrogens with zero attached hydrogens (tertiary/aromatic N) is 1. The summed E-state index contributed by atoms with van der Waals surface area (Å²) in [5, 5.41) is 10.6. The molecule has 1 aliphatic carbocycles. The van der Waals surface area contributed by atoms with E-state index in [0.29, 0.717) is 6.42 Å². The van der Waals surface area contributed by atoms with Gasteiger partial charge in [0.25, 0.3) is 0 Å². The van der Waals surface area contributed by atoms with E-state index in [1.54, 1.807) is 13.3 Å². The van der Waals surface area contributed by atoms with Crippen LogP contribution in [0.15, 0.2) is 22.9 Å². The van der Waals surface area contributed by atoms with Gasteiger partial charge in [-0.3, -0.25) is 4.98 Å². The topological polar surface area (TPSA) is 42.4 Å². The molecule has 0 saturated heterocycles. The van der Waals surface area contributed by atoms with E-state index in [-0.39, 0.29) is 5.60 Å². The first kappa shape index (κ1) is 14.9. The summed E-state index contributed by atoms with van der Waals surface area (Å²) in [6, 6.07) is 2.00. The predicted octanol–water partition coefficient (Wildman–Crippen LogP) is 3.34. The van der Waals surface area contributed by atoms with Gasteiger partial charge in [-0.2, -0.15) is 0 Å². The van der Waals surface area contributed by atoms with Crippen molar-refractivity contribution in [2.45, 2.75) is 50.7 Å². The number of methoxy groups -OCH3 is 1. The molecular formula is C15H22BrNO2. The van der Waals surface area contributed by atoms with E-state index < -0.39 is 6.10 Å². The van der Waals surface area contributed by atoms with E-state index in [1.165, 1.54) is 0 Å². The molecule has 19 heavy (non-hydrogen) atoms. The Hall–Kier alpha value is -0.450. The minimum atomic E-state index is -0.471. The van der Waals surface area contributed by atoms with Gasteiger partial charge in [0.05, 0.1) is 11.7 Å². The lowest BCUT2D eigenvalue weighted by atomic mass is 9.75. The highest BCUT2D eigenvalue weighted by molar-refractivity contribution is 9.10. The summed E-state index contributed by atoms with van der Waals surface area (Å²) in [7, 11) is 1.72. The maximum atomic E-state index is 10.6. The molecule has 1 aromatic heterocycles. The van der Waals surface area contributed by atoms with Crippen LogP contribution in [0, 0.1) is 5.92 Å². The van der Waals surface area contributed by atoms with Gasteiger partial charge >= 0.3 is 0 Å². The number of rotatable bonds is 4. The number of aliphatic hydroxyl groups is 1. The number of hydrogen-bond acceptors (Lipinski definition) is 3. The van der Waals surface area contributed by atoms with Crippen LogP contribution >= 0.6 is 15.9 Å². The van der Waals surface area contributed by atoms with Crippen LogP contribution in [0.1, 0.15) is 38.2 Å². The molecule has 1 heterocycles. The number of halogens is 1. The third-order valence-corrected chi connectivity index (χ3v) is 4.76. The number of aliphatic hydroxyl groups excluding tert-OH is 1. The van der Waals surface area contributed by atoms with Gasteiger partial charge < -0.3 is 9.84 Å². The molecule has 0 aliphatic heterocycles. The van der Waals surface area contributed by atoms with E-state index in [1.807, 2.05) is 12.3 Å². The molecule has 0 radical (unpaired) electrons. The van der Waals surface area contributed by atoms with Crippen LogP contribution in [0.2, 0.25) is 0 Å². The molecule has 0 bridgehead atoms. The largest absolute Gasteiger partial charge is 0.390 e. The Morgan fingerprint density at radius 3 is 2.74 bits per heavy atom. The van der Waals surface area contributed by atoms with Crippen molar-refractivity contribution in [1.29, 1.82) is 0 Å². The van der Waals surface area contributed by atoms with E-state index in [0.717, 1.165) is 41.6 Å². The minimum Gasteiger partial charge on any atom is -0.390 e. The number of aromatic nitrogens is 1. The second-order valence-electron chi connectivity index (χ2n) is 5.68. The molecule has 1 aromatic rings. The lowest BCUT2D eigenvalue weighted by molar-refractivity contribution is -0.127. The summed E-state index contributed by atoms with van der Waals surface area (Å²) < 4.78 is 6.65. The molecule has 1 saturated carbocycles. The third kappa shape index (κ3) is 3.56. The van der Waals surface area contributed by atoms with Gasteiger partial charge in [0.1, 0.15) is 0 Å². The molecule has 2 rings (SSSR count). The fourth-order valence-corrected chi connectivity index (χ4v) is 3.31. The molecule has 3 nitrogen and oxygen atoms in total. The summed E-state index contributed by atoms with van der Waals surface area (Å²) in [6.45, 7) is 2.27. The molecular weight excluding hydrogens is 306 g/mol. The summed E-state index contributed by atoms with van der Waals surface area (Å²) in [5.74, 6) is 0.739. The summed E-state index contributed by atoms with van der Waals surface area (Å²) in [5.41, 5.74) is 0.659. The second-order valence-corrected chi connectivity index (χ2v) is 6.60. The minimum absolute atomic E-state index is 0.380. The molecule has 1 fully saturated rings. The zero-order chi connectivity index (χ0) is 13.9. The molecule has 106 valence electrons. The zero-order valence-electron chi connectivity index (χ0n) is 11.6. The lowest BCUT2D eigenvalue weighted by Gasteiger charge is -2.41. The fraction of sp³-hybridized carbons (Fsp3) is 0.667. The smallest absolute Gasteiger partial charge is 0.0939 e. The van der Waals surface area contributed by atoms with Gasteiger partial charge in [-0.25, -0.2) is 0 Å². The average molecular weight is 328 g/mol. The van der Waals surface area contributed by atoms with Crippen molar-refractivity contribution in [2.24, 2.45) is 5.92 Å². The monoisotopic (exact) mass is 327 g/mol. The van der Waals surface area contributed by atoms with Crippen LogP contribution < -0.4 is 0 Å². The van der Waals surface area contributed by atoms with E-state index in [4.69, 9.17) is 4.74 Å². The van der Waals surface area contributed by atoms with E-state index in [9.17, 15) is 5.11 Å². The molecule has 0 aromatic carbocycles. The Labute approximate surface area is 123 Å². The van der Waals surface area contributed by atoms with Crippen LogP contribution in [-0.4, -0.2) is 28.9 Å². The van der Waals surface area contributed by atoms with Crippen molar-refractivity contribution in [3.05, 3.63) is 28.5 Å². The molecule has 1 aliphatic rings. The maximum Gasteiger partial charge on any atom is 0.0939 e. The van der Waals surface area contributed by atoms with Gasteiger partial charge in [0.15, 0.2) is 0 Å². The lowest BCUT2D eigenvalue weighted by Crippen LogP contribution is -2.47. The Bertz CT molecular complexity index is 416. The van der Waals surface area contributed by atoms with Crippen LogP contribution in [0.25, 0.3) is 0 Å². The quantitative estimate of drug-likeness (QED) is 0.922. The molecule has 1 atom stereocenters. The first-order valence-electron chi connectivity index (χ1n) is 6.88. The van der Waals surface area contributed by atoms with Crippen molar-refractivity contribution in [1.82, 2.24) is 4.98 Å². The Kier molecular flexibility index (Phi) is 4.98. The van der Waals surface area contributed by atoms with Gasteiger partial charge in [0, 0.05) is 30.4 Å². The van der Waals surface area contributed by atoms with Gasteiger partial charge in [-0.1, -0.05) is 6.92 Å². The SMILES string of the molecule is COC1(C(O)Cc2cncc(Br)c2)CCC(C)CC1. The van der Waals surface area contributed by atoms with Crippen molar-refractivity contribution >= 4 is 15.9 Å². The van der Waals surface area contributed by atoms with Gasteiger partial charge in [-0.15, -0.1) is 0 Å². The van der Waals surface area contributed by atoms with Gasteiger partial charge in [-0.05, 0) is 59.2 Å². The van der Waals surface area contributed by atoms with E-state index in [2.05, 4.69) is 27.8 Å². The molecule has 4 heteroatoms. The molecule has 0 spiro atoms. The zero-order valence-corrected chi connectivity index (χ0v) is 13.2. The fourth-order valence-electron chi connectivity index (χ4n) is 2.90. The second kappa shape index (κ2) is 6.33. The summed E-state index contributed by atoms with van der Waals surface area (Å²) in [6.07, 6.45) is 7.81. The number of hydrogen-bond donors (Lipinski definition) is 1. The average Bonchev–Trinajstić information content (AvgIpc) is 2.40. The predicted molar refractivity (Wildman–Crippen MR) is 79.0 cm³/mol. The molecule has 1 N–H and O–H groups in total. The Balaban J connectivity index is 2.06. The number of pyridine rings is 1. The maximum absolute atomic E-state index is 10.6. The Morgan fingerprint density at radius 2 is 2.16 bits per heavy atom. The normalized spacial score (nSPS) is 29.2. The van der Waals surface area contributed by atoms with Crippen molar-refractivity contribution in [2.75, 3.05) is 7.11 Å². The summed E-state index contributed by atoms with van der Waals surface area (Å²) in [4.78, 5) is 4.14. The van der Waals surface area contributed by atoms with Crippen molar-refractivity contribution in [3.8, 4) is 0 Å². The van der Waals surface area contributed by atoms with Gasteiger partial charge in [0.2, 0.25) is 0 Å². The van der Waals surface area contributed by atoms with Crippen LogP contribution in [0.4, 0.5) is 0 Å². The highest BCUT2D eigenvalue weighted by atomic mass is 79.9. The highest BCUT2D eigenvalue weighted by Crippen LogP contribution is 2.37. The first-order valence-corrected chi connectivity index (χ1v) is 7.68. The van der Waals surface area contributed by atoms with Crippen LogP contribution in [0.3, 0.4) is 0 Å².